The van der Waals surface area contributed by atoms with Crippen LogP contribution >= 0.6 is 0 Å². The molecule has 10 heteroatoms. The van der Waals surface area contributed by atoms with Crippen molar-refractivity contribution in [2.75, 3.05) is 5.32 Å². The zero-order valence-electron chi connectivity index (χ0n) is 16.7. The Hall–Kier alpha value is -3.40. The highest BCUT2D eigenvalue weighted by Crippen LogP contribution is 2.38. The fourth-order valence-corrected chi connectivity index (χ4v) is 4.72. The van der Waals surface area contributed by atoms with Crippen LogP contribution in [0.1, 0.15) is 29.5 Å². The molecular weight excluding hydrogens is 446 g/mol. The van der Waals surface area contributed by atoms with E-state index in [-0.39, 0.29) is 34.2 Å². The van der Waals surface area contributed by atoms with Crippen LogP contribution in [0.15, 0.2) is 64.5 Å². The van der Waals surface area contributed by atoms with Crippen LogP contribution in [0.4, 0.5) is 23.2 Å². The first kappa shape index (κ1) is 21.8. The second-order valence-corrected chi connectivity index (χ2v) is 8.90. The molecule has 166 valence electrons. The van der Waals surface area contributed by atoms with Gasteiger partial charge >= 0.3 is 0 Å². The van der Waals surface area contributed by atoms with Crippen LogP contribution in [0.3, 0.4) is 0 Å². The Labute approximate surface area is 181 Å². The van der Waals surface area contributed by atoms with Gasteiger partial charge in [-0.15, -0.1) is 0 Å². The maximum absolute atomic E-state index is 14.9. The third kappa shape index (κ3) is 4.18. The molecule has 3 aromatic rings. The largest absolute Gasteiger partial charge is 0.324 e. The van der Waals surface area contributed by atoms with Gasteiger partial charge in [-0.3, -0.25) is 0 Å². The van der Waals surface area contributed by atoms with E-state index < -0.39 is 39.2 Å². The number of hydrogen-bond acceptors (Lipinski definition) is 3. The zero-order chi connectivity index (χ0) is 23.0. The highest BCUT2D eigenvalue weighted by Gasteiger charge is 2.32. The third-order valence-electron chi connectivity index (χ3n) is 5.09. The highest BCUT2D eigenvalue weighted by molar-refractivity contribution is 7.90. The summed E-state index contributed by atoms with van der Waals surface area (Å²) in [4.78, 5) is 3.88. The number of fused-ring (bicyclic) bond motifs is 1. The number of aliphatic imine (C=N–C) groups is 1. The first-order chi connectivity index (χ1) is 15.2. The van der Waals surface area contributed by atoms with E-state index >= 15 is 0 Å². The van der Waals surface area contributed by atoms with Crippen molar-refractivity contribution >= 4 is 21.7 Å². The SMILES string of the molecule is CC(c1ccc(F)cc1F)c1c(F)ccc2c1NC(=NCc1cccc(F)c1)NS2(=O)=O. The molecule has 0 aliphatic carbocycles. The summed E-state index contributed by atoms with van der Waals surface area (Å²) in [5.41, 5.74) is 0.273. The minimum atomic E-state index is -4.11. The monoisotopic (exact) mass is 463 g/mol. The predicted octanol–water partition coefficient (Wildman–Crippen LogP) is 4.65. The molecule has 0 saturated heterocycles. The molecule has 32 heavy (non-hydrogen) atoms. The molecule has 3 aromatic carbocycles. The number of benzene rings is 3. The topological polar surface area (TPSA) is 70.6 Å². The van der Waals surface area contributed by atoms with E-state index in [9.17, 15) is 26.0 Å². The lowest BCUT2D eigenvalue weighted by Gasteiger charge is -2.26. The summed E-state index contributed by atoms with van der Waals surface area (Å²) in [6.07, 6.45) is 0. The second-order valence-electron chi connectivity index (χ2n) is 7.25. The molecule has 1 atom stereocenters. The molecule has 5 nitrogen and oxygen atoms in total. The van der Waals surface area contributed by atoms with Crippen molar-refractivity contribution in [3.8, 4) is 0 Å². The van der Waals surface area contributed by atoms with Crippen LogP contribution in [0.25, 0.3) is 0 Å². The molecular formula is C22H17F4N3O2S. The molecule has 0 spiro atoms. The molecule has 1 aliphatic rings. The van der Waals surface area contributed by atoms with E-state index in [1.807, 2.05) is 0 Å². The number of nitrogens with zero attached hydrogens (tertiary/aromatic N) is 1. The van der Waals surface area contributed by atoms with Gasteiger partial charge in [0.15, 0.2) is 0 Å². The van der Waals surface area contributed by atoms with Gasteiger partial charge in [0.05, 0.1) is 12.2 Å². The van der Waals surface area contributed by atoms with E-state index in [1.54, 1.807) is 6.07 Å². The van der Waals surface area contributed by atoms with Crippen LogP contribution in [0.5, 0.6) is 0 Å². The van der Waals surface area contributed by atoms with Gasteiger partial charge in [0.2, 0.25) is 5.96 Å². The first-order valence-corrected chi connectivity index (χ1v) is 11.0. The molecule has 0 aromatic heterocycles. The summed E-state index contributed by atoms with van der Waals surface area (Å²) in [6, 6.07) is 10.6. The van der Waals surface area contributed by atoms with E-state index in [0.29, 0.717) is 11.6 Å². The minimum Gasteiger partial charge on any atom is -0.324 e. The molecule has 0 fully saturated rings. The fraction of sp³-hybridized carbons (Fsp3) is 0.136. The van der Waals surface area contributed by atoms with Gasteiger partial charge < -0.3 is 5.32 Å². The highest BCUT2D eigenvalue weighted by atomic mass is 32.2. The maximum Gasteiger partial charge on any atom is 0.266 e. The molecule has 0 radical (unpaired) electrons. The van der Waals surface area contributed by atoms with Crippen molar-refractivity contribution in [2.45, 2.75) is 24.3 Å². The number of hydrogen-bond donors (Lipinski definition) is 2. The van der Waals surface area contributed by atoms with Crippen LogP contribution in [-0.2, 0) is 16.6 Å². The first-order valence-electron chi connectivity index (χ1n) is 9.52. The number of nitrogens with one attached hydrogen (secondary N) is 2. The van der Waals surface area contributed by atoms with Crippen LogP contribution < -0.4 is 10.0 Å². The Morgan fingerprint density at radius 2 is 1.69 bits per heavy atom. The third-order valence-corrected chi connectivity index (χ3v) is 6.47. The molecule has 0 bridgehead atoms. The smallest absolute Gasteiger partial charge is 0.266 e. The minimum absolute atomic E-state index is 0.00493. The van der Waals surface area contributed by atoms with Crippen LogP contribution in [0.2, 0.25) is 0 Å². The number of rotatable bonds is 4. The Bertz CT molecular complexity index is 1340. The van der Waals surface area contributed by atoms with Crippen molar-refractivity contribution in [1.82, 2.24) is 4.72 Å². The van der Waals surface area contributed by atoms with Gasteiger partial charge in [0.25, 0.3) is 10.0 Å². The van der Waals surface area contributed by atoms with E-state index in [1.165, 1.54) is 31.2 Å². The quantitative estimate of drug-likeness (QED) is 0.553. The van der Waals surface area contributed by atoms with Crippen molar-refractivity contribution in [3.63, 3.8) is 0 Å². The Balaban J connectivity index is 1.77. The van der Waals surface area contributed by atoms with E-state index in [2.05, 4.69) is 15.0 Å². The maximum atomic E-state index is 14.9. The van der Waals surface area contributed by atoms with E-state index in [0.717, 1.165) is 18.2 Å². The lowest BCUT2D eigenvalue weighted by Crippen LogP contribution is -2.41. The predicted molar refractivity (Wildman–Crippen MR) is 112 cm³/mol. The Kier molecular flexibility index (Phi) is 5.64. The summed E-state index contributed by atoms with van der Waals surface area (Å²) in [5, 5.41) is 2.76. The van der Waals surface area contributed by atoms with Crippen molar-refractivity contribution in [2.24, 2.45) is 4.99 Å². The summed E-state index contributed by atoms with van der Waals surface area (Å²) in [7, 11) is -4.11. The van der Waals surface area contributed by atoms with E-state index in [4.69, 9.17) is 0 Å². The number of guanidine groups is 1. The molecule has 2 N–H and O–H groups in total. The Morgan fingerprint density at radius 3 is 2.41 bits per heavy atom. The van der Waals surface area contributed by atoms with Gasteiger partial charge in [-0.25, -0.2) is 35.7 Å². The van der Waals surface area contributed by atoms with Gasteiger partial charge in [-0.05, 0) is 41.5 Å². The normalized spacial score (nSPS) is 16.7. The average Bonchev–Trinajstić information content (AvgIpc) is 2.71. The summed E-state index contributed by atoms with van der Waals surface area (Å²) in [6.45, 7) is 1.43. The lowest BCUT2D eigenvalue weighted by atomic mass is 9.90. The van der Waals surface area contributed by atoms with Crippen molar-refractivity contribution in [3.05, 3.63) is 94.6 Å². The zero-order valence-corrected chi connectivity index (χ0v) is 17.5. The van der Waals surface area contributed by atoms with Crippen LogP contribution in [-0.4, -0.2) is 14.4 Å². The lowest BCUT2D eigenvalue weighted by molar-refractivity contribution is 0.560. The van der Waals surface area contributed by atoms with Crippen molar-refractivity contribution < 1.29 is 26.0 Å². The molecule has 1 aliphatic heterocycles. The molecule has 1 unspecified atom stereocenters. The summed E-state index contributed by atoms with van der Waals surface area (Å²) in [5.74, 6) is -4.05. The summed E-state index contributed by atoms with van der Waals surface area (Å²) < 4.78 is 83.7. The van der Waals surface area contributed by atoms with Crippen molar-refractivity contribution in [1.29, 1.82) is 0 Å². The number of halogens is 4. The second kappa shape index (κ2) is 8.27. The standard InChI is InChI=1S/C22H17F4N3O2S/c1-12(16-6-5-15(24)10-18(16)26)20-17(25)7-8-19-21(20)28-22(29-32(19,30)31)27-11-13-3-2-4-14(23)9-13/h2-10,12H,11H2,1H3,(H2,27,28,29). The van der Waals surface area contributed by atoms with Gasteiger partial charge in [-0.1, -0.05) is 25.1 Å². The molecule has 0 saturated carbocycles. The molecule has 1 heterocycles. The van der Waals surface area contributed by atoms with Crippen LogP contribution in [0, 0.1) is 23.3 Å². The number of anilines is 1. The fourth-order valence-electron chi connectivity index (χ4n) is 3.56. The van der Waals surface area contributed by atoms with Gasteiger partial charge in [0.1, 0.15) is 28.2 Å². The molecule has 0 amide bonds. The van der Waals surface area contributed by atoms with Gasteiger partial charge in [0, 0.05) is 17.5 Å². The average molecular weight is 463 g/mol. The number of sulfonamides is 1. The summed E-state index contributed by atoms with van der Waals surface area (Å²) >= 11 is 0. The molecule has 4 rings (SSSR count). The van der Waals surface area contributed by atoms with Gasteiger partial charge in [-0.2, -0.15) is 0 Å². The Morgan fingerprint density at radius 1 is 0.938 bits per heavy atom.